The Kier molecular flexibility index (Phi) is 11.0. The van der Waals surface area contributed by atoms with E-state index in [1.807, 2.05) is 52.0 Å². The van der Waals surface area contributed by atoms with Crippen molar-refractivity contribution in [1.29, 1.82) is 0 Å². The van der Waals surface area contributed by atoms with E-state index in [1.165, 1.54) is 17.0 Å². The van der Waals surface area contributed by atoms with E-state index in [1.54, 1.807) is 43.3 Å². The molecule has 3 aromatic rings. The van der Waals surface area contributed by atoms with Gasteiger partial charge in [-0.15, -0.1) is 0 Å². The normalized spacial score (nSPS) is 12.4. The van der Waals surface area contributed by atoms with Crippen LogP contribution in [0.15, 0.2) is 86.6 Å². The molecule has 1 atom stereocenters. The molecule has 0 radical (unpaired) electrons. The summed E-state index contributed by atoms with van der Waals surface area (Å²) in [6.07, 6.45) is 0. The van der Waals surface area contributed by atoms with Crippen molar-refractivity contribution < 1.29 is 22.7 Å². The van der Waals surface area contributed by atoms with Crippen molar-refractivity contribution in [3.63, 3.8) is 0 Å². The summed E-state index contributed by atoms with van der Waals surface area (Å²) in [5.74, 6) is -0.298. The van der Waals surface area contributed by atoms with Gasteiger partial charge in [-0.1, -0.05) is 44.0 Å². The maximum atomic E-state index is 14.0. The van der Waals surface area contributed by atoms with E-state index in [0.717, 1.165) is 18.8 Å². The fraction of sp³-hybridized carbons (Fsp3) is 0.333. The number of amides is 2. The minimum Gasteiger partial charge on any atom is -0.494 e. The van der Waals surface area contributed by atoms with Crippen LogP contribution in [0.4, 0.5) is 5.69 Å². The number of nitrogens with one attached hydrogen (secondary N) is 1. The number of halogens is 2. The number of anilines is 1. The summed E-state index contributed by atoms with van der Waals surface area (Å²) in [5.41, 5.74) is 0.556. The zero-order chi connectivity index (χ0) is 30.4. The highest BCUT2D eigenvalue weighted by Gasteiger charge is 2.33. The first-order chi connectivity index (χ1) is 19.2. The third-order valence-electron chi connectivity index (χ3n) is 6.02. The van der Waals surface area contributed by atoms with Gasteiger partial charge < -0.3 is 15.0 Å². The number of carbonyl (C=O) groups is 2. The van der Waals surface area contributed by atoms with Gasteiger partial charge in [0, 0.05) is 21.0 Å². The Hall–Kier alpha value is -2.89. The molecule has 3 aromatic carbocycles. The summed E-state index contributed by atoms with van der Waals surface area (Å²) < 4.78 is 36.0. The molecule has 0 saturated heterocycles. The molecular formula is C30H35Br2N3O5S. The number of hydrogen-bond donors (Lipinski definition) is 1. The fourth-order valence-corrected chi connectivity index (χ4v) is 6.15. The molecule has 0 aromatic heterocycles. The van der Waals surface area contributed by atoms with Crippen LogP contribution in [0.3, 0.4) is 0 Å². The van der Waals surface area contributed by atoms with E-state index in [9.17, 15) is 18.0 Å². The van der Waals surface area contributed by atoms with E-state index in [-0.39, 0.29) is 17.3 Å². The highest BCUT2D eigenvalue weighted by atomic mass is 79.9. The van der Waals surface area contributed by atoms with Gasteiger partial charge in [0.25, 0.3) is 10.0 Å². The van der Waals surface area contributed by atoms with Crippen molar-refractivity contribution in [2.75, 3.05) is 17.5 Å². The standard InChI is InChI=1S/C30H35Br2N3O5S/c1-6-40-26-14-12-25(13-15-26)35(41(38,39)27-16-10-23(31)11-17-27)20-28(36)34(19-22-8-7-9-24(32)18-22)21(2)29(37)33-30(3,4)5/h7-18,21H,6,19-20H2,1-5H3,(H,33,37). The van der Waals surface area contributed by atoms with Crippen LogP contribution < -0.4 is 14.4 Å². The van der Waals surface area contributed by atoms with Crippen LogP contribution in [0.25, 0.3) is 0 Å². The molecule has 1 N–H and O–H groups in total. The van der Waals surface area contributed by atoms with Gasteiger partial charge >= 0.3 is 0 Å². The van der Waals surface area contributed by atoms with Crippen LogP contribution in [0, 0.1) is 0 Å². The first-order valence-corrected chi connectivity index (χ1v) is 16.1. The summed E-state index contributed by atoms with van der Waals surface area (Å²) in [4.78, 5) is 28.7. The van der Waals surface area contributed by atoms with Gasteiger partial charge in [-0.3, -0.25) is 13.9 Å². The molecule has 2 amide bonds. The summed E-state index contributed by atoms with van der Waals surface area (Å²) in [5, 5.41) is 2.92. The van der Waals surface area contributed by atoms with E-state index in [4.69, 9.17) is 4.74 Å². The average Bonchev–Trinajstić information content (AvgIpc) is 2.90. The Morgan fingerprint density at radius 1 is 0.951 bits per heavy atom. The maximum absolute atomic E-state index is 14.0. The largest absolute Gasteiger partial charge is 0.494 e. The van der Waals surface area contributed by atoms with Gasteiger partial charge in [-0.05, 0) is 101 Å². The smallest absolute Gasteiger partial charge is 0.264 e. The second-order valence-corrected chi connectivity index (χ2v) is 14.2. The van der Waals surface area contributed by atoms with Crippen LogP contribution >= 0.6 is 31.9 Å². The first-order valence-electron chi connectivity index (χ1n) is 13.1. The molecule has 0 bridgehead atoms. The van der Waals surface area contributed by atoms with Gasteiger partial charge in [0.05, 0.1) is 17.2 Å². The molecule has 8 nitrogen and oxygen atoms in total. The second-order valence-electron chi connectivity index (χ2n) is 10.5. The third-order valence-corrected chi connectivity index (χ3v) is 8.83. The Morgan fingerprint density at radius 2 is 1.59 bits per heavy atom. The van der Waals surface area contributed by atoms with Gasteiger partial charge in [0.1, 0.15) is 18.3 Å². The first kappa shape index (κ1) is 32.6. The molecule has 3 rings (SSSR count). The van der Waals surface area contributed by atoms with E-state index < -0.39 is 34.1 Å². The Morgan fingerprint density at radius 3 is 2.15 bits per heavy atom. The SMILES string of the molecule is CCOc1ccc(N(CC(=O)N(Cc2cccc(Br)c2)C(C)C(=O)NC(C)(C)C)S(=O)(=O)c2ccc(Br)cc2)cc1. The molecule has 220 valence electrons. The summed E-state index contributed by atoms with van der Waals surface area (Å²) in [7, 11) is -4.16. The van der Waals surface area contributed by atoms with Gasteiger partial charge in [-0.25, -0.2) is 8.42 Å². The van der Waals surface area contributed by atoms with Gasteiger partial charge in [0.2, 0.25) is 11.8 Å². The minimum atomic E-state index is -4.16. The van der Waals surface area contributed by atoms with Crippen molar-refractivity contribution in [3.05, 3.63) is 87.3 Å². The molecule has 0 aliphatic carbocycles. The van der Waals surface area contributed by atoms with Gasteiger partial charge in [-0.2, -0.15) is 0 Å². The summed E-state index contributed by atoms with van der Waals surface area (Å²) in [6.45, 7) is 9.11. The van der Waals surface area contributed by atoms with Crippen molar-refractivity contribution >= 4 is 59.4 Å². The van der Waals surface area contributed by atoms with E-state index in [0.29, 0.717) is 18.0 Å². The lowest BCUT2D eigenvalue weighted by Crippen LogP contribution is -2.54. The van der Waals surface area contributed by atoms with Crippen molar-refractivity contribution in [2.45, 2.75) is 57.6 Å². The Balaban J connectivity index is 2.04. The Labute approximate surface area is 259 Å². The number of rotatable bonds is 11. The van der Waals surface area contributed by atoms with E-state index >= 15 is 0 Å². The molecule has 0 heterocycles. The van der Waals surface area contributed by atoms with Crippen LogP contribution in [0.2, 0.25) is 0 Å². The maximum Gasteiger partial charge on any atom is 0.264 e. The van der Waals surface area contributed by atoms with Crippen LogP contribution in [0.1, 0.15) is 40.2 Å². The molecule has 0 aliphatic heterocycles. The van der Waals surface area contributed by atoms with Crippen molar-refractivity contribution in [2.24, 2.45) is 0 Å². The monoisotopic (exact) mass is 707 g/mol. The van der Waals surface area contributed by atoms with Crippen molar-refractivity contribution in [1.82, 2.24) is 10.2 Å². The zero-order valence-electron chi connectivity index (χ0n) is 23.7. The molecular weight excluding hydrogens is 674 g/mol. The number of hydrogen-bond acceptors (Lipinski definition) is 5. The number of benzene rings is 3. The van der Waals surface area contributed by atoms with Crippen LogP contribution in [-0.4, -0.2) is 49.9 Å². The Bertz CT molecular complexity index is 1460. The lowest BCUT2D eigenvalue weighted by molar-refractivity contribution is -0.140. The van der Waals surface area contributed by atoms with Gasteiger partial charge in [0.15, 0.2) is 0 Å². The molecule has 11 heteroatoms. The fourth-order valence-electron chi connectivity index (χ4n) is 4.03. The van der Waals surface area contributed by atoms with Crippen LogP contribution in [-0.2, 0) is 26.2 Å². The number of nitrogens with zero attached hydrogens (tertiary/aromatic N) is 2. The highest BCUT2D eigenvalue weighted by molar-refractivity contribution is 9.10. The zero-order valence-corrected chi connectivity index (χ0v) is 27.7. The second kappa shape index (κ2) is 13.8. The highest BCUT2D eigenvalue weighted by Crippen LogP contribution is 2.27. The summed E-state index contributed by atoms with van der Waals surface area (Å²) in [6, 6.07) is 19.3. The molecule has 0 spiro atoms. The molecule has 0 saturated carbocycles. The van der Waals surface area contributed by atoms with Crippen LogP contribution in [0.5, 0.6) is 5.75 Å². The summed E-state index contributed by atoms with van der Waals surface area (Å²) >= 11 is 6.79. The quantitative estimate of drug-likeness (QED) is 0.258. The number of carbonyl (C=O) groups excluding carboxylic acids is 2. The number of ether oxygens (including phenoxy) is 1. The predicted molar refractivity (Wildman–Crippen MR) is 168 cm³/mol. The lowest BCUT2D eigenvalue weighted by Gasteiger charge is -2.33. The molecule has 0 fully saturated rings. The van der Waals surface area contributed by atoms with E-state index in [2.05, 4.69) is 37.2 Å². The molecule has 41 heavy (non-hydrogen) atoms. The molecule has 0 aliphatic rings. The molecule has 1 unspecified atom stereocenters. The average molecular weight is 710 g/mol. The van der Waals surface area contributed by atoms with Crippen molar-refractivity contribution in [3.8, 4) is 5.75 Å². The topological polar surface area (TPSA) is 96.0 Å². The lowest BCUT2D eigenvalue weighted by atomic mass is 10.1. The minimum absolute atomic E-state index is 0.0273. The number of sulfonamides is 1. The predicted octanol–water partition coefficient (Wildman–Crippen LogP) is 6.14. The third kappa shape index (κ3) is 9.05.